The van der Waals surface area contributed by atoms with Gasteiger partial charge in [-0.05, 0) is 36.4 Å². The highest BCUT2D eigenvalue weighted by Crippen LogP contribution is 2.15. The fraction of sp³-hybridized carbons (Fsp3) is 0.125. The molecule has 0 unspecified atom stereocenters. The Balaban J connectivity index is 2.04. The van der Waals surface area contributed by atoms with E-state index in [1.54, 1.807) is 0 Å². The van der Waals surface area contributed by atoms with Crippen molar-refractivity contribution >= 4 is 21.2 Å². The molecule has 0 atom stereocenters. The van der Waals surface area contributed by atoms with Crippen LogP contribution in [-0.2, 0) is 0 Å². The lowest BCUT2D eigenvalue weighted by atomic mass is 10.1. The topological polar surface area (TPSA) is 9.23 Å². The van der Waals surface area contributed by atoms with Gasteiger partial charge in [0.15, 0.2) is 0 Å². The first-order chi connectivity index (χ1) is 8.74. The van der Waals surface area contributed by atoms with Crippen molar-refractivity contribution in [2.75, 3.05) is 0 Å². The lowest BCUT2D eigenvalue weighted by Gasteiger charge is -2.08. The Kier molecular flexibility index (Phi) is 4.37. The normalized spacial score (nSPS) is 11.1. The summed E-state index contributed by atoms with van der Waals surface area (Å²) in [7, 11) is -0.996. The molecule has 0 amide bonds. The average molecular weight is 254 g/mol. The molecular formula is C16H18OSi. The molecular weight excluding hydrogens is 236 g/mol. The van der Waals surface area contributed by atoms with Crippen LogP contribution in [0.2, 0.25) is 13.1 Å². The van der Waals surface area contributed by atoms with Crippen molar-refractivity contribution in [3.63, 3.8) is 0 Å². The highest BCUT2D eigenvalue weighted by atomic mass is 28.3. The summed E-state index contributed by atoms with van der Waals surface area (Å²) in [5.41, 5.74) is 2.41. The van der Waals surface area contributed by atoms with Gasteiger partial charge in [0.25, 0.3) is 0 Å². The van der Waals surface area contributed by atoms with Gasteiger partial charge in [-0.25, -0.2) is 0 Å². The molecule has 0 saturated carbocycles. The number of benzene rings is 2. The van der Waals surface area contributed by atoms with E-state index in [9.17, 15) is 0 Å². The molecule has 18 heavy (non-hydrogen) atoms. The Morgan fingerprint density at radius 1 is 0.778 bits per heavy atom. The summed E-state index contributed by atoms with van der Waals surface area (Å²) in [6.45, 7) is 4.34. The molecule has 2 heteroatoms. The van der Waals surface area contributed by atoms with Gasteiger partial charge in [0.05, 0.1) is 0 Å². The first-order valence-corrected chi connectivity index (χ1v) is 9.02. The molecule has 2 rings (SSSR count). The summed E-state index contributed by atoms with van der Waals surface area (Å²) in [5, 5.41) is 0. The monoisotopic (exact) mass is 254 g/mol. The van der Waals surface area contributed by atoms with Crippen molar-refractivity contribution in [2.24, 2.45) is 0 Å². The maximum absolute atomic E-state index is 5.75. The number of hydrogen-bond acceptors (Lipinski definition) is 1. The SMILES string of the molecule is C[SiH](C)Oc1ccc(C=Cc2ccccc2)cc1. The number of hydrogen-bond donors (Lipinski definition) is 0. The van der Waals surface area contributed by atoms with Crippen LogP contribution < -0.4 is 4.43 Å². The van der Waals surface area contributed by atoms with E-state index in [0.717, 1.165) is 5.75 Å². The predicted octanol–water partition coefficient (Wildman–Crippen LogP) is 4.22. The van der Waals surface area contributed by atoms with Gasteiger partial charge < -0.3 is 4.43 Å². The van der Waals surface area contributed by atoms with Crippen LogP contribution in [0, 0.1) is 0 Å². The molecule has 0 aliphatic rings. The van der Waals surface area contributed by atoms with Gasteiger partial charge in [-0.2, -0.15) is 0 Å². The predicted molar refractivity (Wildman–Crippen MR) is 81.3 cm³/mol. The third-order valence-electron chi connectivity index (χ3n) is 2.52. The molecule has 0 radical (unpaired) electrons. The van der Waals surface area contributed by atoms with Gasteiger partial charge in [-0.15, -0.1) is 0 Å². The van der Waals surface area contributed by atoms with E-state index >= 15 is 0 Å². The second-order valence-corrected chi connectivity index (χ2v) is 6.81. The summed E-state index contributed by atoms with van der Waals surface area (Å²) in [5.74, 6) is 0.980. The van der Waals surface area contributed by atoms with E-state index in [1.165, 1.54) is 11.1 Å². The molecule has 92 valence electrons. The fourth-order valence-electron chi connectivity index (χ4n) is 1.69. The van der Waals surface area contributed by atoms with Crippen molar-refractivity contribution in [3.05, 3.63) is 65.7 Å². The average Bonchev–Trinajstić information content (AvgIpc) is 2.38. The summed E-state index contributed by atoms with van der Waals surface area (Å²) >= 11 is 0. The van der Waals surface area contributed by atoms with E-state index < -0.39 is 9.04 Å². The van der Waals surface area contributed by atoms with Crippen molar-refractivity contribution in [1.82, 2.24) is 0 Å². The Morgan fingerprint density at radius 3 is 1.89 bits per heavy atom. The quantitative estimate of drug-likeness (QED) is 0.586. The molecule has 0 aromatic heterocycles. The van der Waals surface area contributed by atoms with Crippen molar-refractivity contribution in [3.8, 4) is 5.75 Å². The molecule has 0 aliphatic carbocycles. The van der Waals surface area contributed by atoms with Gasteiger partial charge in [0, 0.05) is 0 Å². The van der Waals surface area contributed by atoms with Crippen LogP contribution in [0.1, 0.15) is 11.1 Å². The zero-order chi connectivity index (χ0) is 12.8. The standard InChI is InChI=1S/C16H18OSi/c1-18(2)17-16-12-10-15(11-13-16)9-8-14-6-4-3-5-7-14/h3-13,18H,1-2H3. The molecule has 0 bridgehead atoms. The Morgan fingerprint density at radius 2 is 1.33 bits per heavy atom. The van der Waals surface area contributed by atoms with E-state index in [2.05, 4.69) is 49.5 Å². The van der Waals surface area contributed by atoms with E-state index in [-0.39, 0.29) is 0 Å². The Hall–Kier alpha value is -1.80. The second-order valence-electron chi connectivity index (χ2n) is 4.48. The summed E-state index contributed by atoms with van der Waals surface area (Å²) in [4.78, 5) is 0. The minimum Gasteiger partial charge on any atom is -0.547 e. The molecule has 1 nitrogen and oxygen atoms in total. The second kappa shape index (κ2) is 6.22. The van der Waals surface area contributed by atoms with E-state index in [1.807, 2.05) is 30.3 Å². The van der Waals surface area contributed by atoms with Crippen molar-refractivity contribution in [2.45, 2.75) is 13.1 Å². The van der Waals surface area contributed by atoms with Gasteiger partial charge in [0.2, 0.25) is 9.04 Å². The summed E-state index contributed by atoms with van der Waals surface area (Å²) < 4.78 is 5.75. The summed E-state index contributed by atoms with van der Waals surface area (Å²) in [6, 6.07) is 18.6. The Labute approximate surface area is 110 Å². The Bertz CT molecular complexity index is 500. The molecule has 0 N–H and O–H groups in total. The fourth-order valence-corrected chi connectivity index (χ4v) is 2.39. The van der Waals surface area contributed by atoms with E-state index in [0.29, 0.717) is 0 Å². The zero-order valence-corrected chi connectivity index (χ0v) is 12.0. The zero-order valence-electron chi connectivity index (χ0n) is 10.8. The minimum absolute atomic E-state index is 0.980. The van der Waals surface area contributed by atoms with Gasteiger partial charge >= 0.3 is 0 Å². The molecule has 0 heterocycles. The first kappa shape index (κ1) is 12.6. The smallest absolute Gasteiger partial charge is 0.229 e. The molecule has 0 spiro atoms. The third-order valence-corrected chi connectivity index (χ3v) is 3.26. The van der Waals surface area contributed by atoms with Gasteiger partial charge in [0.1, 0.15) is 5.75 Å². The molecule has 0 fully saturated rings. The highest BCUT2D eigenvalue weighted by molar-refractivity contribution is 6.49. The van der Waals surface area contributed by atoms with Gasteiger partial charge in [-0.3, -0.25) is 0 Å². The third kappa shape index (κ3) is 3.89. The summed E-state index contributed by atoms with van der Waals surface area (Å²) in [6.07, 6.45) is 4.24. The van der Waals surface area contributed by atoms with Crippen molar-refractivity contribution in [1.29, 1.82) is 0 Å². The molecule has 2 aromatic rings. The lowest BCUT2D eigenvalue weighted by molar-refractivity contribution is 0.581. The highest BCUT2D eigenvalue weighted by Gasteiger charge is 1.97. The van der Waals surface area contributed by atoms with E-state index in [4.69, 9.17) is 4.43 Å². The van der Waals surface area contributed by atoms with Crippen LogP contribution in [0.4, 0.5) is 0 Å². The largest absolute Gasteiger partial charge is 0.547 e. The van der Waals surface area contributed by atoms with Crippen LogP contribution in [0.5, 0.6) is 5.75 Å². The van der Waals surface area contributed by atoms with Crippen molar-refractivity contribution < 1.29 is 4.43 Å². The van der Waals surface area contributed by atoms with Gasteiger partial charge in [-0.1, -0.05) is 54.6 Å². The molecule has 2 aromatic carbocycles. The van der Waals surface area contributed by atoms with Crippen LogP contribution in [-0.4, -0.2) is 9.04 Å². The maximum atomic E-state index is 5.75. The van der Waals surface area contributed by atoms with Crippen LogP contribution in [0.15, 0.2) is 54.6 Å². The minimum atomic E-state index is -0.996. The van der Waals surface area contributed by atoms with Crippen LogP contribution in [0.3, 0.4) is 0 Å². The lowest BCUT2D eigenvalue weighted by Crippen LogP contribution is -2.10. The molecule has 0 saturated heterocycles. The van der Waals surface area contributed by atoms with Crippen LogP contribution in [0.25, 0.3) is 12.2 Å². The maximum Gasteiger partial charge on any atom is 0.229 e. The van der Waals surface area contributed by atoms with Crippen LogP contribution >= 0.6 is 0 Å². The first-order valence-electron chi connectivity index (χ1n) is 6.24. The molecule has 0 aliphatic heterocycles. The number of rotatable bonds is 4.